The zero-order valence-electron chi connectivity index (χ0n) is 10.1. The Hall–Kier alpha value is -1.57. The quantitative estimate of drug-likeness (QED) is 0.830. The third kappa shape index (κ3) is 3.19. The molecule has 90 valence electrons. The summed E-state index contributed by atoms with van der Waals surface area (Å²) < 4.78 is 0. The molecule has 0 saturated heterocycles. The molecule has 1 N–H and O–H groups in total. The van der Waals surface area contributed by atoms with Crippen molar-refractivity contribution in [3.8, 4) is 0 Å². The zero-order valence-corrected chi connectivity index (χ0v) is 10.1. The van der Waals surface area contributed by atoms with Gasteiger partial charge in [-0.15, -0.1) is 0 Å². The molecule has 1 saturated carbocycles. The van der Waals surface area contributed by atoms with Gasteiger partial charge in [0.2, 0.25) is 0 Å². The number of benzene rings is 1. The van der Waals surface area contributed by atoms with E-state index in [2.05, 4.69) is 13.0 Å². The van der Waals surface area contributed by atoms with Gasteiger partial charge in [-0.1, -0.05) is 37.1 Å². The summed E-state index contributed by atoms with van der Waals surface area (Å²) in [5, 5.41) is 8.82. The molecule has 0 bridgehead atoms. The van der Waals surface area contributed by atoms with E-state index in [1.54, 1.807) is 12.1 Å². The molecule has 1 fully saturated rings. The lowest BCUT2D eigenvalue weighted by Gasteiger charge is -2.04. The van der Waals surface area contributed by atoms with Crippen LogP contribution in [0, 0.1) is 5.92 Å². The standard InChI is InChI=1S/C15H18O2/c1-2-3-14(12-8-9-12)10-11-4-6-13(7-5-11)15(16)17/h4-7,10,12H,2-3,8-9H2,1H3,(H,16,17). The lowest BCUT2D eigenvalue weighted by atomic mass is 10.0. The second kappa shape index (κ2) is 5.17. The fourth-order valence-corrected chi connectivity index (χ4v) is 2.07. The fraction of sp³-hybridized carbons (Fsp3) is 0.400. The highest BCUT2D eigenvalue weighted by molar-refractivity contribution is 5.87. The van der Waals surface area contributed by atoms with Crippen molar-refractivity contribution in [3.05, 3.63) is 41.0 Å². The van der Waals surface area contributed by atoms with Crippen LogP contribution < -0.4 is 0 Å². The Kier molecular flexibility index (Phi) is 3.62. The van der Waals surface area contributed by atoms with Crippen molar-refractivity contribution < 1.29 is 9.90 Å². The van der Waals surface area contributed by atoms with Crippen molar-refractivity contribution in [1.29, 1.82) is 0 Å². The smallest absolute Gasteiger partial charge is 0.335 e. The van der Waals surface area contributed by atoms with E-state index in [9.17, 15) is 4.79 Å². The molecule has 0 radical (unpaired) electrons. The molecule has 0 amide bonds. The van der Waals surface area contributed by atoms with E-state index >= 15 is 0 Å². The van der Waals surface area contributed by atoms with E-state index in [1.807, 2.05) is 12.1 Å². The summed E-state index contributed by atoms with van der Waals surface area (Å²) in [6.45, 7) is 2.20. The summed E-state index contributed by atoms with van der Waals surface area (Å²) in [5.74, 6) is -0.0781. The summed E-state index contributed by atoms with van der Waals surface area (Å²) in [4.78, 5) is 10.7. The van der Waals surface area contributed by atoms with Crippen molar-refractivity contribution in [1.82, 2.24) is 0 Å². The van der Waals surface area contributed by atoms with Crippen molar-refractivity contribution in [2.24, 2.45) is 5.92 Å². The molecule has 0 aliphatic heterocycles. The Bertz CT molecular complexity index is 425. The first-order chi connectivity index (χ1) is 8.20. The third-order valence-corrected chi connectivity index (χ3v) is 3.15. The first kappa shape index (κ1) is 11.9. The van der Waals surface area contributed by atoms with Gasteiger partial charge in [0.25, 0.3) is 0 Å². The summed E-state index contributed by atoms with van der Waals surface area (Å²) >= 11 is 0. The van der Waals surface area contributed by atoms with Crippen LogP contribution in [0.4, 0.5) is 0 Å². The molecular weight excluding hydrogens is 212 g/mol. The maximum absolute atomic E-state index is 10.7. The minimum atomic E-state index is -0.864. The molecule has 2 heteroatoms. The SMILES string of the molecule is CCCC(=Cc1ccc(C(=O)O)cc1)C1CC1. The Morgan fingerprint density at radius 3 is 2.47 bits per heavy atom. The van der Waals surface area contributed by atoms with Crippen LogP contribution in [0.3, 0.4) is 0 Å². The molecule has 0 aromatic heterocycles. The van der Waals surface area contributed by atoms with Gasteiger partial charge in [-0.2, -0.15) is 0 Å². The van der Waals surface area contributed by atoms with E-state index in [0.29, 0.717) is 5.56 Å². The molecule has 1 aromatic carbocycles. The zero-order chi connectivity index (χ0) is 12.3. The van der Waals surface area contributed by atoms with Crippen LogP contribution in [0.5, 0.6) is 0 Å². The van der Waals surface area contributed by atoms with Gasteiger partial charge in [-0.3, -0.25) is 0 Å². The normalized spacial score (nSPS) is 15.9. The van der Waals surface area contributed by atoms with Crippen LogP contribution in [0.15, 0.2) is 29.8 Å². The van der Waals surface area contributed by atoms with E-state index in [1.165, 1.54) is 24.8 Å². The fourth-order valence-electron chi connectivity index (χ4n) is 2.07. The van der Waals surface area contributed by atoms with Crippen LogP contribution in [-0.4, -0.2) is 11.1 Å². The van der Waals surface area contributed by atoms with E-state index in [4.69, 9.17) is 5.11 Å². The van der Waals surface area contributed by atoms with Crippen LogP contribution >= 0.6 is 0 Å². The second-order valence-corrected chi connectivity index (χ2v) is 4.67. The van der Waals surface area contributed by atoms with E-state index in [-0.39, 0.29) is 0 Å². The first-order valence-corrected chi connectivity index (χ1v) is 6.24. The predicted molar refractivity (Wildman–Crippen MR) is 69.0 cm³/mol. The maximum Gasteiger partial charge on any atom is 0.335 e. The number of carboxylic acids is 1. The van der Waals surface area contributed by atoms with Crippen LogP contribution in [0.25, 0.3) is 6.08 Å². The van der Waals surface area contributed by atoms with Gasteiger partial charge in [0.15, 0.2) is 0 Å². The van der Waals surface area contributed by atoms with Crippen molar-refractivity contribution in [3.63, 3.8) is 0 Å². The number of hydrogen-bond acceptors (Lipinski definition) is 1. The molecule has 1 aliphatic rings. The molecule has 1 aliphatic carbocycles. The summed E-state index contributed by atoms with van der Waals surface area (Å²) in [6, 6.07) is 7.12. The molecule has 1 aromatic rings. The van der Waals surface area contributed by atoms with Gasteiger partial charge in [0.1, 0.15) is 0 Å². The van der Waals surface area contributed by atoms with Gasteiger partial charge in [0.05, 0.1) is 5.56 Å². The van der Waals surface area contributed by atoms with Crippen molar-refractivity contribution in [2.45, 2.75) is 32.6 Å². The number of hydrogen-bond donors (Lipinski definition) is 1. The average molecular weight is 230 g/mol. The minimum Gasteiger partial charge on any atom is -0.478 e. The number of rotatable bonds is 5. The molecule has 0 unspecified atom stereocenters. The molecule has 0 atom stereocenters. The number of carbonyl (C=O) groups is 1. The summed E-state index contributed by atoms with van der Waals surface area (Å²) in [5.41, 5.74) is 2.99. The first-order valence-electron chi connectivity index (χ1n) is 6.24. The molecular formula is C15H18O2. The Labute approximate surface area is 102 Å². The van der Waals surface area contributed by atoms with Gasteiger partial charge >= 0.3 is 5.97 Å². The molecule has 0 spiro atoms. The van der Waals surface area contributed by atoms with Gasteiger partial charge in [-0.05, 0) is 42.9 Å². The van der Waals surface area contributed by atoms with Crippen LogP contribution in [-0.2, 0) is 0 Å². The highest BCUT2D eigenvalue weighted by atomic mass is 16.4. The molecule has 2 nitrogen and oxygen atoms in total. The van der Waals surface area contributed by atoms with Crippen molar-refractivity contribution in [2.75, 3.05) is 0 Å². The third-order valence-electron chi connectivity index (χ3n) is 3.15. The summed E-state index contributed by atoms with van der Waals surface area (Å²) in [6.07, 6.45) is 7.20. The monoisotopic (exact) mass is 230 g/mol. The van der Waals surface area contributed by atoms with Gasteiger partial charge in [0, 0.05) is 0 Å². The number of aromatic carboxylic acids is 1. The number of carboxylic acid groups (broad SMARTS) is 1. The molecule has 0 heterocycles. The topological polar surface area (TPSA) is 37.3 Å². The van der Waals surface area contributed by atoms with Crippen molar-refractivity contribution >= 4 is 12.0 Å². The maximum atomic E-state index is 10.7. The molecule has 2 rings (SSSR count). The minimum absolute atomic E-state index is 0.352. The van der Waals surface area contributed by atoms with E-state index < -0.39 is 5.97 Å². The van der Waals surface area contributed by atoms with Crippen LogP contribution in [0.1, 0.15) is 48.5 Å². The number of allylic oxidation sites excluding steroid dienone is 1. The average Bonchev–Trinajstić information content (AvgIpc) is 3.13. The summed E-state index contributed by atoms with van der Waals surface area (Å²) in [7, 11) is 0. The Morgan fingerprint density at radius 1 is 1.35 bits per heavy atom. The second-order valence-electron chi connectivity index (χ2n) is 4.67. The molecule has 17 heavy (non-hydrogen) atoms. The van der Waals surface area contributed by atoms with E-state index in [0.717, 1.165) is 17.9 Å². The predicted octanol–water partition coefficient (Wildman–Crippen LogP) is 3.98. The van der Waals surface area contributed by atoms with Gasteiger partial charge < -0.3 is 5.11 Å². The lowest BCUT2D eigenvalue weighted by molar-refractivity contribution is 0.0697. The van der Waals surface area contributed by atoms with Gasteiger partial charge in [-0.25, -0.2) is 4.79 Å². The highest BCUT2D eigenvalue weighted by Gasteiger charge is 2.24. The van der Waals surface area contributed by atoms with Crippen LogP contribution in [0.2, 0.25) is 0 Å². The Morgan fingerprint density at radius 2 is 2.00 bits per heavy atom. The lowest BCUT2D eigenvalue weighted by Crippen LogP contribution is -1.95. The Balaban J connectivity index is 2.15. The highest BCUT2D eigenvalue weighted by Crippen LogP contribution is 2.39. The largest absolute Gasteiger partial charge is 0.478 e.